The van der Waals surface area contributed by atoms with Crippen molar-refractivity contribution in [1.82, 2.24) is 14.3 Å². The lowest BCUT2D eigenvalue weighted by atomic mass is 10.3. The average molecular weight is 186 g/mol. The zero-order chi connectivity index (χ0) is 9.97. The van der Waals surface area contributed by atoms with Gasteiger partial charge in [0.15, 0.2) is 0 Å². The Kier molecular flexibility index (Phi) is 2.07. The summed E-state index contributed by atoms with van der Waals surface area (Å²) in [6, 6.07) is 5.81. The second-order valence-electron chi connectivity index (χ2n) is 3.16. The molecule has 0 aliphatic carbocycles. The SMILES string of the molecule is Cn1cc(Cn2cccc2C#N)cn1. The fraction of sp³-hybridized carbons (Fsp3) is 0.200. The molecule has 14 heavy (non-hydrogen) atoms. The van der Waals surface area contributed by atoms with Crippen LogP contribution in [0.1, 0.15) is 11.3 Å². The Hall–Kier alpha value is -2.02. The van der Waals surface area contributed by atoms with Crippen LogP contribution in [-0.2, 0) is 13.6 Å². The molecule has 0 unspecified atom stereocenters. The van der Waals surface area contributed by atoms with E-state index in [0.29, 0.717) is 12.2 Å². The van der Waals surface area contributed by atoms with E-state index in [1.807, 2.05) is 30.1 Å². The van der Waals surface area contributed by atoms with Gasteiger partial charge in [-0.05, 0) is 12.1 Å². The zero-order valence-corrected chi connectivity index (χ0v) is 7.88. The summed E-state index contributed by atoms with van der Waals surface area (Å²) in [5.41, 5.74) is 1.77. The van der Waals surface area contributed by atoms with Gasteiger partial charge in [-0.2, -0.15) is 10.4 Å². The van der Waals surface area contributed by atoms with Crippen LogP contribution < -0.4 is 0 Å². The molecule has 0 amide bonds. The Morgan fingerprint density at radius 1 is 1.57 bits per heavy atom. The zero-order valence-electron chi connectivity index (χ0n) is 7.88. The third-order valence-electron chi connectivity index (χ3n) is 2.06. The molecule has 4 heteroatoms. The summed E-state index contributed by atoms with van der Waals surface area (Å²) in [5, 5.41) is 12.9. The lowest BCUT2D eigenvalue weighted by Gasteiger charge is -2.00. The van der Waals surface area contributed by atoms with E-state index < -0.39 is 0 Å². The highest BCUT2D eigenvalue weighted by atomic mass is 15.2. The van der Waals surface area contributed by atoms with E-state index >= 15 is 0 Å². The van der Waals surface area contributed by atoms with Crippen LogP contribution >= 0.6 is 0 Å². The monoisotopic (exact) mass is 186 g/mol. The van der Waals surface area contributed by atoms with Gasteiger partial charge in [-0.1, -0.05) is 0 Å². The standard InChI is InChI=1S/C10H10N4/c1-13-7-9(6-12-13)8-14-4-2-3-10(14)5-11/h2-4,6-7H,8H2,1H3. The highest BCUT2D eigenvalue weighted by molar-refractivity contribution is 5.23. The van der Waals surface area contributed by atoms with E-state index in [2.05, 4.69) is 11.2 Å². The third kappa shape index (κ3) is 1.52. The summed E-state index contributed by atoms with van der Waals surface area (Å²) in [5.74, 6) is 0. The van der Waals surface area contributed by atoms with Gasteiger partial charge < -0.3 is 4.57 Å². The van der Waals surface area contributed by atoms with Crippen LogP contribution in [0.15, 0.2) is 30.7 Å². The van der Waals surface area contributed by atoms with Gasteiger partial charge in [-0.25, -0.2) is 0 Å². The van der Waals surface area contributed by atoms with Crippen LogP contribution in [0.2, 0.25) is 0 Å². The number of aryl methyl sites for hydroxylation is 1. The average Bonchev–Trinajstić information content (AvgIpc) is 2.76. The van der Waals surface area contributed by atoms with E-state index in [0.717, 1.165) is 5.56 Å². The van der Waals surface area contributed by atoms with E-state index in [-0.39, 0.29) is 0 Å². The Balaban J connectivity index is 2.23. The Bertz CT molecular complexity index is 472. The fourth-order valence-corrected chi connectivity index (χ4v) is 1.40. The molecule has 4 nitrogen and oxygen atoms in total. The molecular formula is C10H10N4. The summed E-state index contributed by atoms with van der Waals surface area (Å²) >= 11 is 0. The summed E-state index contributed by atoms with van der Waals surface area (Å²) in [6.07, 6.45) is 5.65. The number of rotatable bonds is 2. The van der Waals surface area contributed by atoms with Gasteiger partial charge in [-0.15, -0.1) is 0 Å². The Morgan fingerprint density at radius 2 is 2.43 bits per heavy atom. The molecule has 0 spiro atoms. The third-order valence-corrected chi connectivity index (χ3v) is 2.06. The summed E-state index contributed by atoms with van der Waals surface area (Å²) in [6.45, 7) is 0.698. The normalized spacial score (nSPS) is 10.0. The molecule has 0 atom stereocenters. The van der Waals surface area contributed by atoms with Crippen molar-refractivity contribution in [2.75, 3.05) is 0 Å². The maximum Gasteiger partial charge on any atom is 0.120 e. The molecule has 0 aromatic carbocycles. The minimum atomic E-state index is 0.675. The van der Waals surface area contributed by atoms with Gasteiger partial charge in [0.1, 0.15) is 11.8 Å². The van der Waals surface area contributed by atoms with Gasteiger partial charge in [-0.3, -0.25) is 4.68 Å². The maximum atomic E-state index is 8.80. The minimum absolute atomic E-state index is 0.675. The first-order valence-electron chi connectivity index (χ1n) is 4.32. The minimum Gasteiger partial charge on any atom is -0.335 e. The van der Waals surface area contributed by atoms with Crippen molar-refractivity contribution >= 4 is 0 Å². The van der Waals surface area contributed by atoms with Gasteiger partial charge in [0.25, 0.3) is 0 Å². The van der Waals surface area contributed by atoms with Crippen molar-refractivity contribution in [1.29, 1.82) is 5.26 Å². The number of hydrogen-bond donors (Lipinski definition) is 0. The van der Waals surface area contributed by atoms with E-state index in [1.54, 1.807) is 16.9 Å². The van der Waals surface area contributed by atoms with Crippen LogP contribution in [0.4, 0.5) is 0 Å². The largest absolute Gasteiger partial charge is 0.335 e. The molecule has 2 rings (SSSR count). The molecule has 2 aromatic rings. The van der Waals surface area contributed by atoms with Crippen molar-refractivity contribution in [3.8, 4) is 6.07 Å². The molecule has 0 N–H and O–H groups in total. The van der Waals surface area contributed by atoms with Crippen LogP contribution in [0.25, 0.3) is 0 Å². The Labute approximate surface area is 82.0 Å². The van der Waals surface area contributed by atoms with Crippen molar-refractivity contribution in [3.05, 3.63) is 42.0 Å². The smallest absolute Gasteiger partial charge is 0.120 e. The van der Waals surface area contributed by atoms with Gasteiger partial charge >= 0.3 is 0 Å². The lowest BCUT2D eigenvalue weighted by Crippen LogP contribution is -1.99. The molecule has 70 valence electrons. The summed E-state index contributed by atoms with van der Waals surface area (Å²) in [7, 11) is 1.88. The fourth-order valence-electron chi connectivity index (χ4n) is 1.40. The van der Waals surface area contributed by atoms with Crippen molar-refractivity contribution < 1.29 is 0 Å². The van der Waals surface area contributed by atoms with Gasteiger partial charge in [0.2, 0.25) is 0 Å². The number of hydrogen-bond acceptors (Lipinski definition) is 2. The van der Waals surface area contributed by atoms with Crippen LogP contribution in [0.3, 0.4) is 0 Å². The highest BCUT2D eigenvalue weighted by Crippen LogP contribution is 2.05. The first-order valence-corrected chi connectivity index (χ1v) is 4.32. The molecule has 0 radical (unpaired) electrons. The summed E-state index contributed by atoms with van der Waals surface area (Å²) in [4.78, 5) is 0. The van der Waals surface area contributed by atoms with Gasteiger partial charge in [0, 0.05) is 25.0 Å². The molecule has 0 saturated heterocycles. The van der Waals surface area contributed by atoms with Crippen LogP contribution in [-0.4, -0.2) is 14.3 Å². The molecule has 0 saturated carbocycles. The molecule has 0 bridgehead atoms. The Morgan fingerprint density at radius 3 is 3.07 bits per heavy atom. The van der Waals surface area contributed by atoms with Crippen molar-refractivity contribution in [3.63, 3.8) is 0 Å². The second kappa shape index (κ2) is 3.38. The first-order chi connectivity index (χ1) is 6.79. The number of nitriles is 1. The van der Waals surface area contributed by atoms with Crippen molar-refractivity contribution in [2.45, 2.75) is 6.54 Å². The van der Waals surface area contributed by atoms with E-state index in [9.17, 15) is 0 Å². The molecule has 0 aliphatic rings. The lowest BCUT2D eigenvalue weighted by molar-refractivity contribution is 0.761. The molecule has 2 heterocycles. The maximum absolute atomic E-state index is 8.80. The van der Waals surface area contributed by atoms with Crippen LogP contribution in [0.5, 0.6) is 0 Å². The number of aromatic nitrogens is 3. The van der Waals surface area contributed by atoms with Gasteiger partial charge in [0.05, 0.1) is 12.7 Å². The van der Waals surface area contributed by atoms with Crippen molar-refractivity contribution in [2.24, 2.45) is 7.05 Å². The highest BCUT2D eigenvalue weighted by Gasteiger charge is 2.01. The molecule has 0 fully saturated rings. The predicted molar refractivity (Wildman–Crippen MR) is 51.5 cm³/mol. The predicted octanol–water partition coefficient (Wildman–Crippen LogP) is 1.14. The molecule has 0 aliphatic heterocycles. The second-order valence-corrected chi connectivity index (χ2v) is 3.16. The quantitative estimate of drug-likeness (QED) is 0.706. The van der Waals surface area contributed by atoms with E-state index in [4.69, 9.17) is 5.26 Å². The number of nitrogens with zero attached hydrogens (tertiary/aromatic N) is 4. The summed E-state index contributed by atoms with van der Waals surface area (Å²) < 4.78 is 3.65. The van der Waals surface area contributed by atoms with Crippen LogP contribution in [0, 0.1) is 11.3 Å². The topological polar surface area (TPSA) is 46.5 Å². The molecular weight excluding hydrogens is 176 g/mol. The van der Waals surface area contributed by atoms with E-state index in [1.165, 1.54) is 0 Å². The first kappa shape index (κ1) is 8.57. The molecule has 2 aromatic heterocycles.